The lowest BCUT2D eigenvalue weighted by molar-refractivity contribution is -0.121. The maximum absolute atomic E-state index is 11.9. The number of benzene rings is 1. The van der Waals surface area contributed by atoms with Gasteiger partial charge >= 0.3 is 0 Å². The number of carbonyl (C=O) groups excluding carboxylic acids is 1. The molecule has 0 aliphatic rings. The molecule has 6 heteroatoms. The molecule has 1 amide bonds. The second-order valence-electron chi connectivity index (χ2n) is 5.05. The molecule has 0 fully saturated rings. The number of aryl methyl sites for hydroxylation is 1. The fourth-order valence-electron chi connectivity index (χ4n) is 2.20. The Hall–Kier alpha value is -1.26. The van der Waals surface area contributed by atoms with Gasteiger partial charge in [0.2, 0.25) is 5.91 Å². The Kier molecular flexibility index (Phi) is 5.48. The first-order valence-corrected chi connectivity index (χ1v) is 7.97. The Morgan fingerprint density at radius 1 is 1.48 bits per heavy atom. The van der Waals surface area contributed by atoms with Gasteiger partial charge in [-0.25, -0.2) is 4.98 Å². The van der Waals surface area contributed by atoms with Crippen LogP contribution >= 0.6 is 23.2 Å². The standard InChI is InChI=1S/C15H19Cl2N3O/c1-3-10(2)18-14(21)7-8-20-13(9-16)19-12-6-4-5-11(17)15(12)20/h4-6,10H,3,7-9H2,1-2H3,(H,18,21). The summed E-state index contributed by atoms with van der Waals surface area (Å²) >= 11 is 12.2. The number of para-hydroxylation sites is 1. The van der Waals surface area contributed by atoms with Gasteiger partial charge in [0.1, 0.15) is 5.82 Å². The molecule has 1 atom stereocenters. The Morgan fingerprint density at radius 3 is 2.90 bits per heavy atom. The Bertz CT molecular complexity index is 639. The van der Waals surface area contributed by atoms with Crippen LogP contribution in [0.4, 0.5) is 0 Å². The normalized spacial score (nSPS) is 12.6. The van der Waals surface area contributed by atoms with Gasteiger partial charge in [-0.2, -0.15) is 0 Å². The first kappa shape index (κ1) is 16.1. The van der Waals surface area contributed by atoms with Crippen molar-refractivity contribution in [3.63, 3.8) is 0 Å². The van der Waals surface area contributed by atoms with Crippen molar-refractivity contribution in [3.8, 4) is 0 Å². The average molecular weight is 328 g/mol. The molecule has 0 saturated carbocycles. The van der Waals surface area contributed by atoms with E-state index in [1.807, 2.05) is 36.6 Å². The van der Waals surface area contributed by atoms with E-state index in [4.69, 9.17) is 23.2 Å². The fourth-order valence-corrected chi connectivity index (χ4v) is 2.67. The molecule has 1 heterocycles. The first-order valence-electron chi connectivity index (χ1n) is 7.05. The molecule has 1 N–H and O–H groups in total. The third-order valence-electron chi connectivity index (χ3n) is 3.50. The van der Waals surface area contributed by atoms with Crippen LogP contribution in [0.25, 0.3) is 11.0 Å². The van der Waals surface area contributed by atoms with Crippen molar-refractivity contribution in [2.45, 2.75) is 45.2 Å². The summed E-state index contributed by atoms with van der Waals surface area (Å²) in [6, 6.07) is 5.76. The van der Waals surface area contributed by atoms with Crippen molar-refractivity contribution < 1.29 is 4.79 Å². The zero-order valence-electron chi connectivity index (χ0n) is 12.2. The van der Waals surface area contributed by atoms with Crippen molar-refractivity contribution in [3.05, 3.63) is 29.0 Å². The number of nitrogens with zero attached hydrogens (tertiary/aromatic N) is 2. The third kappa shape index (κ3) is 3.69. The molecule has 21 heavy (non-hydrogen) atoms. The van der Waals surface area contributed by atoms with Crippen LogP contribution in [0.1, 0.15) is 32.5 Å². The summed E-state index contributed by atoms with van der Waals surface area (Å²) in [4.78, 5) is 16.4. The molecule has 1 aromatic heterocycles. The lowest BCUT2D eigenvalue weighted by atomic mass is 10.2. The minimum absolute atomic E-state index is 0.0266. The van der Waals surface area contributed by atoms with E-state index in [-0.39, 0.29) is 17.8 Å². The zero-order valence-corrected chi connectivity index (χ0v) is 13.7. The van der Waals surface area contributed by atoms with Crippen LogP contribution < -0.4 is 5.32 Å². The predicted octanol–water partition coefficient (Wildman–Crippen LogP) is 3.73. The number of halogens is 2. The summed E-state index contributed by atoms with van der Waals surface area (Å²) in [6.07, 6.45) is 1.30. The molecule has 0 saturated heterocycles. The number of rotatable bonds is 6. The van der Waals surface area contributed by atoms with Gasteiger partial charge in [0.15, 0.2) is 0 Å². The van der Waals surface area contributed by atoms with E-state index in [1.54, 1.807) is 0 Å². The molecule has 0 bridgehead atoms. The van der Waals surface area contributed by atoms with E-state index in [2.05, 4.69) is 10.3 Å². The van der Waals surface area contributed by atoms with Crippen LogP contribution in [0.3, 0.4) is 0 Å². The highest BCUT2D eigenvalue weighted by Gasteiger charge is 2.14. The fraction of sp³-hybridized carbons (Fsp3) is 0.467. The highest BCUT2D eigenvalue weighted by atomic mass is 35.5. The minimum atomic E-state index is 0.0266. The molecule has 2 rings (SSSR count). The SMILES string of the molecule is CCC(C)NC(=O)CCn1c(CCl)nc2cccc(Cl)c21. The highest BCUT2D eigenvalue weighted by Crippen LogP contribution is 2.25. The molecule has 4 nitrogen and oxygen atoms in total. The van der Waals surface area contributed by atoms with Gasteiger partial charge in [-0.05, 0) is 25.5 Å². The van der Waals surface area contributed by atoms with Crippen molar-refractivity contribution in [2.24, 2.45) is 0 Å². The molecular formula is C15H19Cl2N3O. The molecule has 0 spiro atoms. The number of amides is 1. The summed E-state index contributed by atoms with van der Waals surface area (Å²) in [6.45, 7) is 4.55. The number of carbonyl (C=O) groups is 1. The number of hydrogen-bond donors (Lipinski definition) is 1. The Morgan fingerprint density at radius 2 is 2.24 bits per heavy atom. The van der Waals surface area contributed by atoms with E-state index in [0.717, 1.165) is 23.3 Å². The third-order valence-corrected chi connectivity index (χ3v) is 4.04. The number of imidazole rings is 1. The molecule has 1 unspecified atom stereocenters. The summed E-state index contributed by atoms with van der Waals surface area (Å²) in [5, 5.41) is 3.58. The number of fused-ring (bicyclic) bond motifs is 1. The molecule has 1 aromatic carbocycles. The number of aromatic nitrogens is 2. The van der Waals surface area contributed by atoms with Gasteiger partial charge in [0.25, 0.3) is 0 Å². The lowest BCUT2D eigenvalue weighted by Gasteiger charge is -2.12. The summed E-state index contributed by atoms with van der Waals surface area (Å²) < 4.78 is 1.93. The minimum Gasteiger partial charge on any atom is -0.354 e. The Balaban J connectivity index is 2.19. The monoisotopic (exact) mass is 327 g/mol. The van der Waals surface area contributed by atoms with Crippen LogP contribution in [-0.2, 0) is 17.2 Å². The van der Waals surface area contributed by atoms with Gasteiger partial charge in [0.05, 0.1) is 21.9 Å². The van der Waals surface area contributed by atoms with E-state index in [1.165, 1.54) is 0 Å². The number of nitrogens with one attached hydrogen (secondary N) is 1. The molecule has 0 aliphatic carbocycles. The van der Waals surface area contributed by atoms with Crippen LogP contribution in [0, 0.1) is 0 Å². The smallest absolute Gasteiger partial charge is 0.221 e. The average Bonchev–Trinajstić information content (AvgIpc) is 2.84. The second-order valence-corrected chi connectivity index (χ2v) is 5.72. The molecule has 0 radical (unpaired) electrons. The molecule has 2 aromatic rings. The van der Waals surface area contributed by atoms with Crippen LogP contribution in [-0.4, -0.2) is 21.5 Å². The van der Waals surface area contributed by atoms with E-state index in [9.17, 15) is 4.79 Å². The van der Waals surface area contributed by atoms with Gasteiger partial charge in [-0.1, -0.05) is 24.6 Å². The largest absolute Gasteiger partial charge is 0.354 e. The van der Waals surface area contributed by atoms with Gasteiger partial charge < -0.3 is 9.88 Å². The molecule has 0 aliphatic heterocycles. The topological polar surface area (TPSA) is 46.9 Å². The maximum atomic E-state index is 11.9. The highest BCUT2D eigenvalue weighted by molar-refractivity contribution is 6.35. The molecule has 114 valence electrons. The zero-order chi connectivity index (χ0) is 15.4. The number of hydrogen-bond acceptors (Lipinski definition) is 2. The van der Waals surface area contributed by atoms with Crippen molar-refractivity contribution in [2.75, 3.05) is 0 Å². The van der Waals surface area contributed by atoms with E-state index >= 15 is 0 Å². The summed E-state index contributed by atoms with van der Waals surface area (Å²) in [7, 11) is 0. The Labute approximate surface area is 134 Å². The van der Waals surface area contributed by atoms with Crippen molar-refractivity contribution >= 4 is 40.1 Å². The number of alkyl halides is 1. The van der Waals surface area contributed by atoms with Crippen molar-refractivity contribution in [1.82, 2.24) is 14.9 Å². The summed E-state index contributed by atoms with van der Waals surface area (Å²) in [5.41, 5.74) is 1.65. The van der Waals surface area contributed by atoms with Gasteiger partial charge in [0, 0.05) is 19.0 Å². The summed E-state index contributed by atoms with van der Waals surface area (Å²) in [5.74, 6) is 1.05. The first-order chi connectivity index (χ1) is 10.1. The van der Waals surface area contributed by atoms with Gasteiger partial charge in [-0.15, -0.1) is 11.6 Å². The van der Waals surface area contributed by atoms with E-state index in [0.29, 0.717) is 18.0 Å². The maximum Gasteiger partial charge on any atom is 0.221 e. The van der Waals surface area contributed by atoms with Gasteiger partial charge in [-0.3, -0.25) is 4.79 Å². The van der Waals surface area contributed by atoms with E-state index < -0.39 is 0 Å². The predicted molar refractivity (Wildman–Crippen MR) is 86.8 cm³/mol. The lowest BCUT2D eigenvalue weighted by Crippen LogP contribution is -2.32. The quantitative estimate of drug-likeness (QED) is 0.821. The van der Waals surface area contributed by atoms with Crippen LogP contribution in [0.5, 0.6) is 0 Å². The second kappa shape index (κ2) is 7.14. The van der Waals surface area contributed by atoms with Crippen LogP contribution in [0.15, 0.2) is 18.2 Å². The van der Waals surface area contributed by atoms with Crippen LogP contribution in [0.2, 0.25) is 5.02 Å². The molecular weight excluding hydrogens is 309 g/mol. The van der Waals surface area contributed by atoms with Crippen molar-refractivity contribution in [1.29, 1.82) is 0 Å².